The van der Waals surface area contributed by atoms with Gasteiger partial charge >= 0.3 is 0 Å². The maximum Gasteiger partial charge on any atom is 0.263 e. The van der Waals surface area contributed by atoms with Crippen molar-refractivity contribution >= 4 is 56.3 Å². The quantitative estimate of drug-likeness (QED) is 0.465. The first kappa shape index (κ1) is 20.1. The van der Waals surface area contributed by atoms with Crippen LogP contribution in [0.1, 0.15) is 10.4 Å². The van der Waals surface area contributed by atoms with Crippen molar-refractivity contribution in [1.82, 2.24) is 14.6 Å². The van der Waals surface area contributed by atoms with Crippen molar-refractivity contribution in [3.8, 4) is 0 Å². The van der Waals surface area contributed by atoms with E-state index in [0.29, 0.717) is 5.69 Å². The summed E-state index contributed by atoms with van der Waals surface area (Å²) in [6, 6.07) is 14.3. The number of carbonyl (C=O) groups excluding carboxylic acids is 1. The Morgan fingerprint density at radius 3 is 2.50 bits per heavy atom. The zero-order chi connectivity index (χ0) is 21.3. The SMILES string of the molecule is O=C(Nc1ccccc1)c1cnn2ccc(NS(=O)(=O)c3ccc(Cl)c(Cl)c3)nc12. The van der Waals surface area contributed by atoms with Gasteiger partial charge in [0.15, 0.2) is 5.65 Å². The molecule has 0 saturated heterocycles. The van der Waals surface area contributed by atoms with Crippen LogP contribution in [-0.2, 0) is 10.0 Å². The molecule has 0 aliphatic heterocycles. The number of hydrogen-bond acceptors (Lipinski definition) is 5. The largest absolute Gasteiger partial charge is 0.322 e. The summed E-state index contributed by atoms with van der Waals surface area (Å²) in [5, 5.41) is 7.18. The molecule has 2 N–H and O–H groups in total. The fraction of sp³-hybridized carbons (Fsp3) is 0. The van der Waals surface area contributed by atoms with Crippen LogP contribution in [0.25, 0.3) is 5.65 Å². The minimum Gasteiger partial charge on any atom is -0.322 e. The number of hydrogen-bond donors (Lipinski definition) is 2. The number of para-hydroxylation sites is 1. The summed E-state index contributed by atoms with van der Waals surface area (Å²) < 4.78 is 29.0. The van der Waals surface area contributed by atoms with E-state index in [0.717, 1.165) is 0 Å². The molecular formula is C19H13Cl2N5O3S. The molecule has 2 heterocycles. The average Bonchev–Trinajstić information content (AvgIpc) is 3.14. The standard InChI is InChI=1S/C19H13Cl2N5O3S/c20-15-7-6-13(10-16(15)21)30(28,29)25-17-8-9-26-18(24-17)14(11-22-26)19(27)23-12-4-2-1-3-5-12/h1-11H,(H,23,27)(H,24,25). The molecule has 2 aromatic carbocycles. The third-order valence-electron chi connectivity index (χ3n) is 4.09. The number of halogens is 2. The number of nitrogens with zero attached hydrogens (tertiary/aromatic N) is 3. The number of rotatable bonds is 5. The molecule has 2 aromatic heterocycles. The van der Waals surface area contributed by atoms with E-state index in [4.69, 9.17) is 23.2 Å². The average molecular weight is 462 g/mol. The number of fused-ring (bicyclic) bond motifs is 1. The van der Waals surface area contributed by atoms with Gasteiger partial charge in [-0.2, -0.15) is 5.10 Å². The van der Waals surface area contributed by atoms with E-state index in [9.17, 15) is 13.2 Å². The van der Waals surface area contributed by atoms with Crippen molar-refractivity contribution in [2.75, 3.05) is 10.0 Å². The van der Waals surface area contributed by atoms with Gasteiger partial charge in [-0.05, 0) is 36.4 Å². The lowest BCUT2D eigenvalue weighted by Crippen LogP contribution is -2.15. The van der Waals surface area contributed by atoms with E-state index >= 15 is 0 Å². The van der Waals surface area contributed by atoms with Crippen LogP contribution in [0.2, 0.25) is 10.0 Å². The van der Waals surface area contributed by atoms with Crippen molar-refractivity contribution in [2.24, 2.45) is 0 Å². The molecule has 0 bridgehead atoms. The lowest BCUT2D eigenvalue weighted by molar-refractivity contribution is 0.102. The topological polar surface area (TPSA) is 105 Å². The van der Waals surface area contributed by atoms with Crippen LogP contribution >= 0.6 is 23.2 Å². The van der Waals surface area contributed by atoms with Gasteiger partial charge in [-0.1, -0.05) is 41.4 Å². The van der Waals surface area contributed by atoms with E-state index < -0.39 is 15.9 Å². The van der Waals surface area contributed by atoms with E-state index in [2.05, 4.69) is 20.1 Å². The second-order valence-corrected chi connectivity index (χ2v) is 8.64. The molecule has 0 aliphatic rings. The monoisotopic (exact) mass is 461 g/mol. The Balaban J connectivity index is 1.64. The number of sulfonamides is 1. The van der Waals surface area contributed by atoms with Gasteiger partial charge < -0.3 is 5.32 Å². The third kappa shape index (κ3) is 4.09. The summed E-state index contributed by atoms with van der Waals surface area (Å²) in [7, 11) is -3.97. The van der Waals surface area contributed by atoms with E-state index in [1.807, 2.05) is 6.07 Å². The van der Waals surface area contributed by atoms with Crippen molar-refractivity contribution in [3.05, 3.63) is 82.6 Å². The predicted octanol–water partition coefficient (Wildman–Crippen LogP) is 4.09. The first-order valence-electron chi connectivity index (χ1n) is 8.52. The van der Waals surface area contributed by atoms with E-state index in [1.54, 1.807) is 24.3 Å². The zero-order valence-corrected chi connectivity index (χ0v) is 17.4. The maximum absolute atomic E-state index is 12.6. The fourth-order valence-corrected chi connectivity index (χ4v) is 4.04. The molecule has 0 unspecified atom stereocenters. The first-order chi connectivity index (χ1) is 14.3. The molecular weight excluding hydrogens is 449 g/mol. The number of benzene rings is 2. The highest BCUT2D eigenvalue weighted by Crippen LogP contribution is 2.26. The normalized spacial score (nSPS) is 11.4. The molecule has 1 amide bonds. The molecule has 0 radical (unpaired) electrons. The Kier molecular flexibility index (Phi) is 5.33. The highest BCUT2D eigenvalue weighted by atomic mass is 35.5. The van der Waals surface area contributed by atoms with Crippen LogP contribution in [0.5, 0.6) is 0 Å². The van der Waals surface area contributed by atoms with Gasteiger partial charge in [-0.15, -0.1) is 0 Å². The first-order valence-corrected chi connectivity index (χ1v) is 10.8. The number of amides is 1. The van der Waals surface area contributed by atoms with Gasteiger partial charge in [0.25, 0.3) is 15.9 Å². The van der Waals surface area contributed by atoms with Gasteiger partial charge in [0, 0.05) is 11.9 Å². The molecule has 4 aromatic rings. The van der Waals surface area contributed by atoms with E-state index in [-0.39, 0.29) is 32.0 Å². The lowest BCUT2D eigenvalue weighted by atomic mass is 10.2. The molecule has 11 heteroatoms. The zero-order valence-electron chi connectivity index (χ0n) is 15.1. The fourth-order valence-electron chi connectivity index (χ4n) is 2.65. The highest BCUT2D eigenvalue weighted by Gasteiger charge is 2.19. The second-order valence-electron chi connectivity index (χ2n) is 6.14. The molecule has 0 spiro atoms. The number of nitrogens with one attached hydrogen (secondary N) is 2. The van der Waals surface area contributed by atoms with Crippen LogP contribution in [0.3, 0.4) is 0 Å². The summed E-state index contributed by atoms with van der Waals surface area (Å²) in [6.45, 7) is 0. The van der Waals surface area contributed by atoms with Crippen LogP contribution in [0, 0.1) is 0 Å². The van der Waals surface area contributed by atoms with Crippen LogP contribution in [0.15, 0.2) is 71.9 Å². The summed E-state index contributed by atoms with van der Waals surface area (Å²) in [4.78, 5) is 16.8. The maximum atomic E-state index is 12.6. The van der Waals surface area contributed by atoms with Crippen molar-refractivity contribution < 1.29 is 13.2 Å². The Bertz CT molecular complexity index is 1360. The Labute approximate surface area is 181 Å². The predicted molar refractivity (Wildman–Crippen MR) is 115 cm³/mol. The van der Waals surface area contributed by atoms with Gasteiger partial charge in [0.05, 0.1) is 21.1 Å². The Morgan fingerprint density at radius 2 is 1.77 bits per heavy atom. The van der Waals surface area contributed by atoms with Crippen LogP contribution < -0.4 is 10.0 Å². The molecule has 0 saturated carbocycles. The summed E-state index contributed by atoms with van der Waals surface area (Å²) in [5.74, 6) is -0.406. The van der Waals surface area contributed by atoms with Crippen molar-refractivity contribution in [1.29, 1.82) is 0 Å². The van der Waals surface area contributed by atoms with E-state index in [1.165, 1.54) is 41.2 Å². The number of carbonyl (C=O) groups is 1. The smallest absolute Gasteiger partial charge is 0.263 e. The highest BCUT2D eigenvalue weighted by molar-refractivity contribution is 7.92. The molecule has 0 fully saturated rings. The lowest BCUT2D eigenvalue weighted by Gasteiger charge is -2.09. The Morgan fingerprint density at radius 1 is 1.00 bits per heavy atom. The minimum absolute atomic E-state index is 0.0165. The van der Waals surface area contributed by atoms with Crippen LogP contribution in [0.4, 0.5) is 11.5 Å². The molecule has 0 atom stereocenters. The molecule has 0 aliphatic carbocycles. The summed E-state index contributed by atoms with van der Waals surface area (Å²) >= 11 is 11.8. The molecule has 152 valence electrons. The summed E-state index contributed by atoms with van der Waals surface area (Å²) in [6.07, 6.45) is 2.85. The van der Waals surface area contributed by atoms with Crippen LogP contribution in [-0.4, -0.2) is 28.9 Å². The molecule has 8 nitrogen and oxygen atoms in total. The van der Waals surface area contributed by atoms with Gasteiger partial charge in [0.2, 0.25) is 0 Å². The van der Waals surface area contributed by atoms with Gasteiger partial charge in [0.1, 0.15) is 11.4 Å². The molecule has 4 rings (SSSR count). The molecule has 30 heavy (non-hydrogen) atoms. The summed E-state index contributed by atoms with van der Waals surface area (Å²) in [5.41, 5.74) is 0.991. The van der Waals surface area contributed by atoms with Crippen molar-refractivity contribution in [2.45, 2.75) is 4.90 Å². The minimum atomic E-state index is -3.97. The van der Waals surface area contributed by atoms with Crippen molar-refractivity contribution in [3.63, 3.8) is 0 Å². The third-order valence-corrected chi connectivity index (χ3v) is 6.18. The second kappa shape index (κ2) is 7.94. The van der Waals surface area contributed by atoms with Gasteiger partial charge in [-0.25, -0.2) is 17.9 Å². The number of aromatic nitrogens is 3. The van der Waals surface area contributed by atoms with Gasteiger partial charge in [-0.3, -0.25) is 9.52 Å². The number of anilines is 2. The Hall–Kier alpha value is -3.14.